The van der Waals surface area contributed by atoms with Crippen LogP contribution in [0.2, 0.25) is 0 Å². The number of rotatable bonds is 3. The average Bonchev–Trinajstić information content (AvgIpc) is 2.75. The smallest absolute Gasteiger partial charge is 0.372 e. The van der Waals surface area contributed by atoms with E-state index in [2.05, 4.69) is 10.2 Å². The summed E-state index contributed by atoms with van der Waals surface area (Å²) in [5, 5.41) is 5.44. The van der Waals surface area contributed by atoms with Crippen LogP contribution < -0.4 is 0 Å². The Morgan fingerprint density at radius 1 is 1.50 bits per heavy atom. The maximum absolute atomic E-state index is 12.4. The van der Waals surface area contributed by atoms with Gasteiger partial charge in [-0.25, -0.2) is 0 Å². The van der Waals surface area contributed by atoms with Crippen LogP contribution >= 0.6 is 0 Å². The molecule has 2 heterocycles. The number of hydrogen-bond donors (Lipinski definition) is 1. The van der Waals surface area contributed by atoms with E-state index in [0.29, 0.717) is 6.42 Å². The number of aromatic nitrogens is 2. The molecule has 0 amide bonds. The molecule has 1 aromatic rings. The van der Waals surface area contributed by atoms with Gasteiger partial charge < -0.3 is 4.74 Å². The van der Waals surface area contributed by atoms with Crippen molar-refractivity contribution in [3.8, 4) is 0 Å². The van der Waals surface area contributed by atoms with Gasteiger partial charge in [-0.15, -0.1) is 0 Å². The number of hydrogen-bond acceptors (Lipinski definition) is 5. The standard InChI is InChI=1S/C10H13F3N2O4S/c1-20(16,17)19-6-2-3-18-8(4-6)7-5-9(15-14-7)10(11,12)13/h5-6,8H,2-4H2,1H3,(H,14,15). The second kappa shape index (κ2) is 5.34. The summed E-state index contributed by atoms with van der Waals surface area (Å²) in [7, 11) is -3.61. The maximum Gasteiger partial charge on any atom is 0.435 e. The fourth-order valence-electron chi connectivity index (χ4n) is 1.96. The third kappa shape index (κ3) is 3.93. The van der Waals surface area contributed by atoms with E-state index in [4.69, 9.17) is 8.92 Å². The van der Waals surface area contributed by atoms with Crippen LogP contribution in [0.4, 0.5) is 13.2 Å². The van der Waals surface area contributed by atoms with Crippen LogP contribution in [0, 0.1) is 0 Å². The van der Waals surface area contributed by atoms with Gasteiger partial charge in [0.05, 0.1) is 18.1 Å². The fraction of sp³-hybridized carbons (Fsp3) is 0.700. The summed E-state index contributed by atoms with van der Waals surface area (Å²) in [6.45, 7) is 0.200. The molecule has 0 radical (unpaired) electrons. The first kappa shape index (κ1) is 15.3. The van der Waals surface area contributed by atoms with E-state index < -0.39 is 34.2 Å². The minimum Gasteiger partial charge on any atom is -0.372 e. The number of nitrogens with zero attached hydrogens (tertiary/aromatic N) is 1. The lowest BCUT2D eigenvalue weighted by Crippen LogP contribution is -2.28. The van der Waals surface area contributed by atoms with Crippen LogP contribution in [0.25, 0.3) is 0 Å². The number of alkyl halides is 3. The molecule has 1 fully saturated rings. The highest BCUT2D eigenvalue weighted by Gasteiger charge is 2.36. The van der Waals surface area contributed by atoms with Crippen LogP contribution in [0.5, 0.6) is 0 Å². The highest BCUT2D eigenvalue weighted by molar-refractivity contribution is 7.86. The molecule has 0 saturated carbocycles. The topological polar surface area (TPSA) is 81.3 Å². The highest BCUT2D eigenvalue weighted by Crippen LogP contribution is 2.33. The van der Waals surface area contributed by atoms with Gasteiger partial charge in [0.2, 0.25) is 0 Å². The molecule has 0 bridgehead atoms. The van der Waals surface area contributed by atoms with E-state index in [1.165, 1.54) is 0 Å². The monoisotopic (exact) mass is 314 g/mol. The Morgan fingerprint density at radius 3 is 2.75 bits per heavy atom. The molecule has 6 nitrogen and oxygen atoms in total. The van der Waals surface area contributed by atoms with Crippen molar-refractivity contribution in [3.63, 3.8) is 0 Å². The predicted molar refractivity (Wildman–Crippen MR) is 61.2 cm³/mol. The number of ether oxygens (including phenoxy) is 1. The summed E-state index contributed by atoms with van der Waals surface area (Å²) in [5.41, 5.74) is -0.888. The van der Waals surface area contributed by atoms with E-state index in [9.17, 15) is 21.6 Å². The van der Waals surface area contributed by atoms with Crippen LogP contribution in [0.1, 0.15) is 30.3 Å². The van der Waals surface area contributed by atoms with E-state index in [1.807, 2.05) is 0 Å². The molecule has 2 unspecified atom stereocenters. The van der Waals surface area contributed by atoms with Gasteiger partial charge in [-0.1, -0.05) is 0 Å². The van der Waals surface area contributed by atoms with Gasteiger partial charge in [-0.3, -0.25) is 9.28 Å². The molecular weight excluding hydrogens is 301 g/mol. The van der Waals surface area contributed by atoms with Crippen LogP contribution in [-0.4, -0.2) is 37.6 Å². The Bertz CT molecular complexity index is 569. The normalized spacial score (nSPS) is 24.8. The largest absolute Gasteiger partial charge is 0.435 e. The number of aromatic amines is 1. The van der Waals surface area contributed by atoms with E-state index >= 15 is 0 Å². The molecule has 2 rings (SSSR count). The third-order valence-corrected chi connectivity index (χ3v) is 3.40. The van der Waals surface area contributed by atoms with Gasteiger partial charge in [0, 0.05) is 13.0 Å². The zero-order chi connectivity index (χ0) is 15.0. The van der Waals surface area contributed by atoms with Crippen LogP contribution in [0.15, 0.2) is 6.07 Å². The van der Waals surface area contributed by atoms with Crippen LogP contribution in [-0.2, 0) is 25.2 Å². The van der Waals surface area contributed by atoms with Crippen molar-refractivity contribution in [2.75, 3.05) is 12.9 Å². The van der Waals surface area contributed by atoms with Gasteiger partial charge in [0.1, 0.15) is 6.10 Å². The van der Waals surface area contributed by atoms with E-state index in [1.54, 1.807) is 0 Å². The molecule has 0 aromatic carbocycles. The first-order chi connectivity index (χ1) is 9.15. The van der Waals surface area contributed by atoms with Crippen molar-refractivity contribution in [2.24, 2.45) is 0 Å². The minimum absolute atomic E-state index is 0.145. The summed E-state index contributed by atoms with van der Waals surface area (Å²) in [4.78, 5) is 0. The van der Waals surface area contributed by atoms with Crippen molar-refractivity contribution >= 4 is 10.1 Å². The first-order valence-corrected chi connectivity index (χ1v) is 7.59. The van der Waals surface area contributed by atoms with Gasteiger partial charge in [-0.2, -0.15) is 26.7 Å². The molecule has 114 valence electrons. The molecule has 1 aliphatic heterocycles. The lowest BCUT2D eigenvalue weighted by Gasteiger charge is -2.27. The third-order valence-electron chi connectivity index (χ3n) is 2.78. The van der Waals surface area contributed by atoms with Gasteiger partial charge in [0.25, 0.3) is 10.1 Å². The quantitative estimate of drug-likeness (QED) is 0.858. The second-order valence-electron chi connectivity index (χ2n) is 4.51. The molecule has 2 atom stereocenters. The minimum atomic E-state index is -4.54. The number of nitrogens with one attached hydrogen (secondary N) is 1. The molecule has 10 heteroatoms. The number of H-pyrrole nitrogens is 1. The van der Waals surface area contributed by atoms with E-state index in [0.717, 1.165) is 12.3 Å². The van der Waals surface area contributed by atoms with Gasteiger partial charge in [0.15, 0.2) is 5.69 Å². The van der Waals surface area contributed by atoms with Crippen LogP contribution in [0.3, 0.4) is 0 Å². The van der Waals surface area contributed by atoms with Crippen molar-refractivity contribution in [1.29, 1.82) is 0 Å². The summed E-state index contributed by atoms with van der Waals surface area (Å²) in [6.07, 6.45) is -4.40. The Labute approximate surface area is 113 Å². The summed E-state index contributed by atoms with van der Waals surface area (Å²) >= 11 is 0. The Balaban J connectivity index is 2.07. The Kier molecular flexibility index (Phi) is 4.07. The van der Waals surface area contributed by atoms with Gasteiger partial charge in [-0.05, 0) is 12.5 Å². The van der Waals surface area contributed by atoms with Crippen molar-refractivity contribution in [3.05, 3.63) is 17.5 Å². The molecule has 1 N–H and O–H groups in total. The lowest BCUT2D eigenvalue weighted by atomic mass is 10.0. The Morgan fingerprint density at radius 2 is 2.20 bits per heavy atom. The number of halogens is 3. The summed E-state index contributed by atoms with van der Waals surface area (Å²) in [6, 6.07) is 0.855. The SMILES string of the molecule is CS(=O)(=O)OC1CCOC(c2cc(C(F)(F)F)n[nH]2)C1. The van der Waals surface area contributed by atoms with Crippen molar-refractivity contribution in [2.45, 2.75) is 31.2 Å². The average molecular weight is 314 g/mol. The molecular formula is C10H13F3N2O4S. The van der Waals surface area contributed by atoms with Crippen molar-refractivity contribution < 1.29 is 30.5 Å². The molecule has 1 aromatic heterocycles. The molecule has 1 aliphatic rings. The maximum atomic E-state index is 12.4. The Hall–Kier alpha value is -1.13. The summed E-state index contributed by atoms with van der Waals surface area (Å²) < 4.78 is 69.6. The zero-order valence-corrected chi connectivity index (χ0v) is 11.3. The zero-order valence-electron chi connectivity index (χ0n) is 10.5. The molecule has 20 heavy (non-hydrogen) atoms. The van der Waals surface area contributed by atoms with E-state index in [-0.39, 0.29) is 18.7 Å². The summed E-state index contributed by atoms with van der Waals surface area (Å²) in [5.74, 6) is 0. The first-order valence-electron chi connectivity index (χ1n) is 5.77. The predicted octanol–water partition coefficient (Wildman–Crippen LogP) is 1.62. The molecule has 1 saturated heterocycles. The fourth-order valence-corrected chi connectivity index (χ4v) is 2.63. The lowest BCUT2D eigenvalue weighted by molar-refractivity contribution is -0.141. The molecule has 0 spiro atoms. The second-order valence-corrected chi connectivity index (χ2v) is 6.11. The van der Waals surface area contributed by atoms with Gasteiger partial charge >= 0.3 is 6.18 Å². The van der Waals surface area contributed by atoms with Crippen molar-refractivity contribution in [1.82, 2.24) is 10.2 Å². The molecule has 0 aliphatic carbocycles. The highest BCUT2D eigenvalue weighted by atomic mass is 32.2.